The SMILES string of the molecule is CC(Cn1ccnc1)NC(=O)[C@@H](N)C(C)C.Cl.Cl. The number of imidazole rings is 1. The molecule has 1 heterocycles. The molecule has 0 saturated carbocycles. The Morgan fingerprint density at radius 1 is 1.39 bits per heavy atom. The van der Waals surface area contributed by atoms with Gasteiger partial charge in [-0.05, 0) is 12.8 Å². The minimum atomic E-state index is -0.440. The van der Waals surface area contributed by atoms with E-state index in [4.69, 9.17) is 5.73 Å². The molecule has 1 rings (SSSR count). The van der Waals surface area contributed by atoms with Crippen molar-refractivity contribution in [1.29, 1.82) is 0 Å². The van der Waals surface area contributed by atoms with E-state index in [0.717, 1.165) is 0 Å². The first kappa shape index (κ1) is 19.6. The van der Waals surface area contributed by atoms with Crippen LogP contribution in [0.2, 0.25) is 0 Å². The molecule has 1 amide bonds. The van der Waals surface area contributed by atoms with Crippen LogP contribution < -0.4 is 11.1 Å². The minimum Gasteiger partial charge on any atom is -0.350 e. The molecular weight excluding hydrogens is 275 g/mol. The van der Waals surface area contributed by atoms with Crippen LogP contribution in [0.3, 0.4) is 0 Å². The number of hydrogen-bond donors (Lipinski definition) is 2. The smallest absolute Gasteiger partial charge is 0.237 e. The summed E-state index contributed by atoms with van der Waals surface area (Å²) in [4.78, 5) is 15.6. The fourth-order valence-electron chi connectivity index (χ4n) is 1.40. The van der Waals surface area contributed by atoms with E-state index in [2.05, 4.69) is 10.3 Å². The molecule has 1 aromatic heterocycles. The number of nitrogens with zero attached hydrogens (tertiary/aromatic N) is 2. The van der Waals surface area contributed by atoms with Gasteiger partial charge in [0.25, 0.3) is 0 Å². The van der Waals surface area contributed by atoms with Crippen LogP contribution in [-0.4, -0.2) is 27.5 Å². The van der Waals surface area contributed by atoms with Crippen molar-refractivity contribution in [2.75, 3.05) is 0 Å². The summed E-state index contributed by atoms with van der Waals surface area (Å²) < 4.78 is 1.92. The number of carbonyl (C=O) groups excluding carboxylic acids is 1. The van der Waals surface area contributed by atoms with Crippen LogP contribution in [-0.2, 0) is 11.3 Å². The fraction of sp³-hybridized carbons (Fsp3) is 0.636. The summed E-state index contributed by atoms with van der Waals surface area (Å²) in [7, 11) is 0. The van der Waals surface area contributed by atoms with Gasteiger partial charge < -0.3 is 15.6 Å². The molecule has 0 fully saturated rings. The number of nitrogens with one attached hydrogen (secondary N) is 1. The number of rotatable bonds is 5. The molecule has 2 atom stereocenters. The highest BCUT2D eigenvalue weighted by Gasteiger charge is 2.18. The molecule has 0 saturated heterocycles. The maximum atomic E-state index is 11.7. The Morgan fingerprint density at radius 2 is 2.00 bits per heavy atom. The lowest BCUT2D eigenvalue weighted by Gasteiger charge is -2.19. The maximum absolute atomic E-state index is 11.7. The lowest BCUT2D eigenvalue weighted by atomic mass is 10.0. The van der Waals surface area contributed by atoms with E-state index in [0.29, 0.717) is 6.54 Å². The maximum Gasteiger partial charge on any atom is 0.237 e. The molecule has 1 aromatic rings. The Labute approximate surface area is 120 Å². The normalized spacial score (nSPS) is 13.2. The second kappa shape index (κ2) is 9.19. The van der Waals surface area contributed by atoms with Crippen molar-refractivity contribution in [2.45, 2.75) is 39.4 Å². The second-order valence-corrected chi connectivity index (χ2v) is 4.44. The molecule has 0 radical (unpaired) electrons. The summed E-state index contributed by atoms with van der Waals surface area (Å²) in [5.74, 6) is 0.0584. The minimum absolute atomic E-state index is 0. The van der Waals surface area contributed by atoms with Crippen LogP contribution in [0.4, 0.5) is 0 Å². The number of halogens is 2. The van der Waals surface area contributed by atoms with E-state index in [9.17, 15) is 4.79 Å². The van der Waals surface area contributed by atoms with E-state index in [1.807, 2.05) is 31.5 Å². The van der Waals surface area contributed by atoms with Crippen LogP contribution in [0.1, 0.15) is 20.8 Å². The summed E-state index contributed by atoms with van der Waals surface area (Å²) >= 11 is 0. The third kappa shape index (κ3) is 6.23. The third-order valence-electron chi connectivity index (χ3n) is 2.45. The van der Waals surface area contributed by atoms with Crippen LogP contribution in [0.25, 0.3) is 0 Å². The Bertz CT molecular complexity index is 330. The monoisotopic (exact) mass is 296 g/mol. The highest BCUT2D eigenvalue weighted by atomic mass is 35.5. The van der Waals surface area contributed by atoms with Gasteiger partial charge in [0.2, 0.25) is 5.91 Å². The standard InChI is InChI=1S/C11H20N4O.2ClH/c1-8(2)10(12)11(16)14-9(3)6-15-5-4-13-7-15;;/h4-5,7-10H,6,12H2,1-3H3,(H,14,16);2*1H/t9?,10-;;/m0../s1. The lowest BCUT2D eigenvalue weighted by molar-refractivity contribution is -0.123. The summed E-state index contributed by atoms with van der Waals surface area (Å²) in [6.45, 7) is 6.52. The zero-order valence-corrected chi connectivity index (χ0v) is 12.5. The third-order valence-corrected chi connectivity index (χ3v) is 2.45. The molecule has 7 heteroatoms. The average molecular weight is 297 g/mol. The van der Waals surface area contributed by atoms with Gasteiger partial charge in [0, 0.05) is 25.0 Å². The molecule has 5 nitrogen and oxygen atoms in total. The molecule has 1 unspecified atom stereocenters. The molecule has 106 valence electrons. The van der Waals surface area contributed by atoms with Crippen LogP contribution >= 0.6 is 24.8 Å². The van der Waals surface area contributed by atoms with Crippen molar-refractivity contribution in [3.05, 3.63) is 18.7 Å². The Morgan fingerprint density at radius 3 is 2.44 bits per heavy atom. The van der Waals surface area contributed by atoms with E-state index < -0.39 is 6.04 Å². The fourth-order valence-corrected chi connectivity index (χ4v) is 1.40. The van der Waals surface area contributed by atoms with Gasteiger partial charge >= 0.3 is 0 Å². The first-order chi connectivity index (χ1) is 7.50. The first-order valence-corrected chi connectivity index (χ1v) is 5.52. The molecule has 0 aromatic carbocycles. The van der Waals surface area contributed by atoms with Crippen molar-refractivity contribution in [2.24, 2.45) is 11.7 Å². The van der Waals surface area contributed by atoms with Crippen LogP contribution in [0.5, 0.6) is 0 Å². The molecule has 0 spiro atoms. The van der Waals surface area contributed by atoms with Gasteiger partial charge in [-0.25, -0.2) is 4.98 Å². The summed E-state index contributed by atoms with van der Waals surface area (Å²) in [6.07, 6.45) is 5.31. The highest BCUT2D eigenvalue weighted by molar-refractivity contribution is 5.85. The molecule has 0 aliphatic heterocycles. The van der Waals surface area contributed by atoms with Crippen LogP contribution in [0, 0.1) is 5.92 Å². The van der Waals surface area contributed by atoms with Gasteiger partial charge in [-0.15, -0.1) is 24.8 Å². The van der Waals surface area contributed by atoms with E-state index in [1.54, 1.807) is 12.5 Å². The Hall–Kier alpha value is -0.780. The lowest BCUT2D eigenvalue weighted by Crippen LogP contribution is -2.47. The molecule has 3 N–H and O–H groups in total. The molecule has 0 aliphatic rings. The quantitative estimate of drug-likeness (QED) is 0.858. The zero-order valence-electron chi connectivity index (χ0n) is 10.9. The van der Waals surface area contributed by atoms with Gasteiger partial charge in [-0.1, -0.05) is 13.8 Å². The van der Waals surface area contributed by atoms with Crippen molar-refractivity contribution in [3.8, 4) is 0 Å². The van der Waals surface area contributed by atoms with E-state index in [1.165, 1.54) is 0 Å². The predicted octanol–water partition coefficient (Wildman–Crippen LogP) is 1.21. The molecule has 18 heavy (non-hydrogen) atoms. The number of nitrogens with two attached hydrogens (primary N) is 1. The molecule has 0 bridgehead atoms. The molecule has 0 aliphatic carbocycles. The van der Waals surface area contributed by atoms with Crippen LogP contribution in [0.15, 0.2) is 18.7 Å². The van der Waals surface area contributed by atoms with Gasteiger partial charge in [0.1, 0.15) is 0 Å². The summed E-state index contributed by atoms with van der Waals surface area (Å²) in [5.41, 5.74) is 5.75. The van der Waals surface area contributed by atoms with Crippen molar-refractivity contribution >= 4 is 30.7 Å². The number of amides is 1. The first-order valence-electron chi connectivity index (χ1n) is 5.52. The van der Waals surface area contributed by atoms with Gasteiger partial charge in [0.15, 0.2) is 0 Å². The predicted molar refractivity (Wildman–Crippen MR) is 77.1 cm³/mol. The Balaban J connectivity index is 0. The number of hydrogen-bond acceptors (Lipinski definition) is 3. The van der Waals surface area contributed by atoms with Crippen molar-refractivity contribution in [1.82, 2.24) is 14.9 Å². The van der Waals surface area contributed by atoms with E-state index in [-0.39, 0.29) is 42.7 Å². The highest BCUT2D eigenvalue weighted by Crippen LogP contribution is 1.99. The largest absolute Gasteiger partial charge is 0.350 e. The Kier molecular flexibility index (Phi) is 9.99. The summed E-state index contributed by atoms with van der Waals surface area (Å²) in [6, 6.07) is -0.392. The molecular formula is C11H22Cl2N4O. The van der Waals surface area contributed by atoms with Crippen molar-refractivity contribution in [3.63, 3.8) is 0 Å². The summed E-state index contributed by atoms with van der Waals surface area (Å²) in [5, 5.41) is 2.89. The van der Waals surface area contributed by atoms with Gasteiger partial charge in [-0.3, -0.25) is 4.79 Å². The van der Waals surface area contributed by atoms with Gasteiger partial charge in [0.05, 0.1) is 12.4 Å². The van der Waals surface area contributed by atoms with Gasteiger partial charge in [-0.2, -0.15) is 0 Å². The topological polar surface area (TPSA) is 72.9 Å². The zero-order chi connectivity index (χ0) is 12.1. The number of carbonyl (C=O) groups is 1. The average Bonchev–Trinajstić information content (AvgIpc) is 2.68. The van der Waals surface area contributed by atoms with E-state index >= 15 is 0 Å². The number of aromatic nitrogens is 2. The second-order valence-electron chi connectivity index (χ2n) is 4.44. The van der Waals surface area contributed by atoms with Crippen molar-refractivity contribution < 1.29 is 4.79 Å².